The summed E-state index contributed by atoms with van der Waals surface area (Å²) in [6.45, 7) is 1.34. The molecule has 158 valence electrons. The Labute approximate surface area is 176 Å². The molecule has 30 heavy (non-hydrogen) atoms. The molecular weight excluding hydrogens is 381 g/mol. The lowest BCUT2D eigenvalue weighted by Crippen LogP contribution is -2.34. The predicted octanol–water partition coefficient (Wildman–Crippen LogP) is 4.29. The molecule has 0 aromatic heterocycles. The van der Waals surface area contributed by atoms with Crippen molar-refractivity contribution in [3.05, 3.63) is 59.4 Å². The highest BCUT2D eigenvalue weighted by Crippen LogP contribution is 2.36. The van der Waals surface area contributed by atoms with E-state index in [-0.39, 0.29) is 23.3 Å². The average Bonchev–Trinajstić information content (AvgIpc) is 3.61. The number of benzene rings is 2. The fraction of sp³-hybridized carbons (Fsp3) is 0.417. The summed E-state index contributed by atoms with van der Waals surface area (Å²) in [5.74, 6) is 0.247. The first kappa shape index (κ1) is 20.4. The highest BCUT2D eigenvalue weighted by Gasteiger charge is 2.36. The monoisotopic (exact) mass is 409 g/mol. The summed E-state index contributed by atoms with van der Waals surface area (Å²) in [6.07, 6.45) is 4.37. The Morgan fingerprint density at radius 3 is 2.47 bits per heavy atom. The van der Waals surface area contributed by atoms with Crippen LogP contribution in [0.3, 0.4) is 0 Å². The molecule has 2 aromatic rings. The van der Waals surface area contributed by atoms with Crippen LogP contribution in [0, 0.1) is 17.7 Å². The molecule has 0 radical (unpaired) electrons. The van der Waals surface area contributed by atoms with Crippen molar-refractivity contribution in [3.8, 4) is 0 Å². The van der Waals surface area contributed by atoms with Gasteiger partial charge < -0.3 is 15.1 Å². The maximum absolute atomic E-state index is 13.4. The topological polar surface area (TPSA) is 52.7 Å². The second-order valence-electron chi connectivity index (χ2n) is 8.64. The SMILES string of the molecule is CN(C)c1ccc(NC(=O)c2cccc(F)c2)cc1CN(CC1CC1)C(=O)C1CC1. The van der Waals surface area contributed by atoms with Crippen molar-refractivity contribution in [2.24, 2.45) is 11.8 Å². The fourth-order valence-electron chi connectivity index (χ4n) is 3.70. The Bertz CT molecular complexity index is 951. The summed E-state index contributed by atoms with van der Waals surface area (Å²) < 4.78 is 13.4. The Morgan fingerprint density at radius 2 is 1.83 bits per heavy atom. The number of rotatable bonds is 8. The summed E-state index contributed by atoms with van der Waals surface area (Å²) in [4.78, 5) is 29.4. The van der Waals surface area contributed by atoms with Gasteiger partial charge in [0.25, 0.3) is 5.91 Å². The summed E-state index contributed by atoms with van der Waals surface area (Å²) >= 11 is 0. The van der Waals surface area contributed by atoms with Gasteiger partial charge in [-0.1, -0.05) is 6.07 Å². The summed E-state index contributed by atoms with van der Waals surface area (Å²) in [5, 5.41) is 2.86. The van der Waals surface area contributed by atoms with Crippen LogP contribution in [0.5, 0.6) is 0 Å². The average molecular weight is 410 g/mol. The Balaban J connectivity index is 1.55. The third-order valence-electron chi connectivity index (χ3n) is 5.68. The first-order valence-electron chi connectivity index (χ1n) is 10.6. The predicted molar refractivity (Wildman–Crippen MR) is 116 cm³/mol. The number of nitrogens with one attached hydrogen (secondary N) is 1. The number of halogens is 1. The standard InChI is InChI=1S/C24H28FN3O2/c1-27(2)22-11-10-21(26-23(29)18-4-3-5-20(25)12-18)13-19(22)15-28(14-16-6-7-16)24(30)17-8-9-17/h3-5,10-13,16-17H,6-9,14-15H2,1-2H3,(H,26,29). The van der Waals surface area contributed by atoms with Gasteiger partial charge in [0, 0.05) is 50.0 Å². The van der Waals surface area contributed by atoms with Crippen molar-refractivity contribution in [1.29, 1.82) is 0 Å². The largest absolute Gasteiger partial charge is 0.377 e. The highest BCUT2D eigenvalue weighted by atomic mass is 19.1. The number of carbonyl (C=O) groups is 2. The molecule has 0 saturated heterocycles. The highest BCUT2D eigenvalue weighted by molar-refractivity contribution is 6.04. The first-order chi connectivity index (χ1) is 14.4. The molecule has 0 unspecified atom stereocenters. The molecule has 2 saturated carbocycles. The van der Waals surface area contributed by atoms with E-state index in [0.29, 0.717) is 18.2 Å². The van der Waals surface area contributed by atoms with E-state index in [1.807, 2.05) is 42.1 Å². The number of anilines is 2. The second kappa shape index (κ2) is 8.46. The van der Waals surface area contributed by atoms with E-state index in [0.717, 1.165) is 30.6 Å². The molecule has 2 aliphatic carbocycles. The lowest BCUT2D eigenvalue weighted by Gasteiger charge is -2.26. The maximum atomic E-state index is 13.4. The zero-order valence-electron chi connectivity index (χ0n) is 17.5. The van der Waals surface area contributed by atoms with Crippen LogP contribution in [0.1, 0.15) is 41.6 Å². The van der Waals surface area contributed by atoms with Crippen LogP contribution < -0.4 is 10.2 Å². The molecule has 0 spiro atoms. The Morgan fingerprint density at radius 1 is 1.07 bits per heavy atom. The molecule has 6 heteroatoms. The van der Waals surface area contributed by atoms with Crippen molar-refractivity contribution in [2.75, 3.05) is 30.9 Å². The van der Waals surface area contributed by atoms with Gasteiger partial charge in [-0.2, -0.15) is 0 Å². The summed E-state index contributed by atoms with van der Waals surface area (Å²) in [5.41, 5.74) is 2.91. The van der Waals surface area contributed by atoms with Crippen molar-refractivity contribution < 1.29 is 14.0 Å². The number of amides is 2. The molecule has 2 aromatic carbocycles. The molecule has 5 nitrogen and oxygen atoms in total. The van der Waals surface area contributed by atoms with Gasteiger partial charge in [0.2, 0.25) is 5.91 Å². The van der Waals surface area contributed by atoms with Crippen LogP contribution in [-0.4, -0.2) is 37.4 Å². The number of hydrogen-bond acceptors (Lipinski definition) is 3. The molecule has 0 atom stereocenters. The summed E-state index contributed by atoms with van der Waals surface area (Å²) in [6, 6.07) is 11.3. The van der Waals surface area contributed by atoms with Crippen molar-refractivity contribution in [3.63, 3.8) is 0 Å². The zero-order chi connectivity index (χ0) is 21.3. The van der Waals surface area contributed by atoms with Gasteiger partial charge in [-0.15, -0.1) is 0 Å². The minimum atomic E-state index is -0.444. The molecule has 2 amide bonds. The summed E-state index contributed by atoms with van der Waals surface area (Å²) in [7, 11) is 3.94. The second-order valence-corrected chi connectivity index (χ2v) is 8.64. The third kappa shape index (κ3) is 4.99. The van der Waals surface area contributed by atoms with Gasteiger partial charge in [0.05, 0.1) is 0 Å². The van der Waals surface area contributed by atoms with Crippen molar-refractivity contribution in [2.45, 2.75) is 32.2 Å². The van der Waals surface area contributed by atoms with Crippen LogP contribution in [-0.2, 0) is 11.3 Å². The van der Waals surface area contributed by atoms with Crippen LogP contribution in [0.15, 0.2) is 42.5 Å². The van der Waals surface area contributed by atoms with E-state index >= 15 is 0 Å². The smallest absolute Gasteiger partial charge is 0.255 e. The van der Waals surface area contributed by atoms with Gasteiger partial charge in [-0.25, -0.2) is 4.39 Å². The van der Waals surface area contributed by atoms with Crippen LogP contribution >= 0.6 is 0 Å². The van der Waals surface area contributed by atoms with E-state index in [9.17, 15) is 14.0 Å². The minimum absolute atomic E-state index is 0.183. The van der Waals surface area contributed by atoms with Gasteiger partial charge in [-0.3, -0.25) is 9.59 Å². The number of carbonyl (C=O) groups excluding carboxylic acids is 2. The fourth-order valence-corrected chi connectivity index (χ4v) is 3.70. The van der Waals surface area contributed by atoms with E-state index < -0.39 is 5.82 Å². The number of nitrogens with zero attached hydrogens (tertiary/aromatic N) is 2. The molecular formula is C24H28FN3O2. The molecule has 0 bridgehead atoms. The van der Waals surface area contributed by atoms with Crippen molar-refractivity contribution in [1.82, 2.24) is 4.90 Å². The Kier molecular flexibility index (Phi) is 5.75. The van der Waals surface area contributed by atoms with E-state index in [1.54, 1.807) is 6.07 Å². The number of hydrogen-bond donors (Lipinski definition) is 1. The quantitative estimate of drug-likeness (QED) is 0.708. The van der Waals surface area contributed by atoms with Gasteiger partial charge >= 0.3 is 0 Å². The molecule has 2 aliphatic rings. The molecule has 2 fully saturated rings. The lowest BCUT2D eigenvalue weighted by atomic mass is 10.1. The van der Waals surface area contributed by atoms with Crippen LogP contribution in [0.2, 0.25) is 0 Å². The van der Waals surface area contributed by atoms with E-state index in [2.05, 4.69) is 5.32 Å². The zero-order valence-corrected chi connectivity index (χ0v) is 17.5. The minimum Gasteiger partial charge on any atom is -0.377 e. The van der Waals surface area contributed by atoms with Crippen molar-refractivity contribution >= 4 is 23.2 Å². The van der Waals surface area contributed by atoms with Gasteiger partial charge in [0.15, 0.2) is 0 Å². The third-order valence-corrected chi connectivity index (χ3v) is 5.68. The van der Waals surface area contributed by atoms with Crippen LogP contribution in [0.25, 0.3) is 0 Å². The molecule has 4 rings (SSSR count). The van der Waals surface area contributed by atoms with Crippen LogP contribution in [0.4, 0.5) is 15.8 Å². The Hall–Kier alpha value is -2.89. The lowest BCUT2D eigenvalue weighted by molar-refractivity contribution is -0.133. The molecule has 0 heterocycles. The normalized spacial score (nSPS) is 15.6. The van der Waals surface area contributed by atoms with Gasteiger partial charge in [0.1, 0.15) is 5.82 Å². The molecule has 0 aliphatic heterocycles. The van der Waals surface area contributed by atoms with E-state index in [4.69, 9.17) is 0 Å². The maximum Gasteiger partial charge on any atom is 0.255 e. The van der Waals surface area contributed by atoms with E-state index in [1.165, 1.54) is 31.0 Å². The first-order valence-corrected chi connectivity index (χ1v) is 10.6. The van der Waals surface area contributed by atoms with Gasteiger partial charge in [-0.05, 0) is 73.6 Å². The molecule has 1 N–H and O–H groups in total.